The van der Waals surface area contributed by atoms with Crippen molar-refractivity contribution in [1.29, 1.82) is 0 Å². The highest BCUT2D eigenvalue weighted by atomic mass is 79.9. The summed E-state index contributed by atoms with van der Waals surface area (Å²) < 4.78 is 1.67. The molecule has 0 saturated heterocycles. The average Bonchev–Trinajstić information content (AvgIpc) is 2.21. The molecule has 1 rings (SSSR count). The van der Waals surface area contributed by atoms with E-state index in [1.165, 1.54) is 0 Å². The normalized spacial score (nSPS) is 10.4. The highest BCUT2D eigenvalue weighted by molar-refractivity contribution is 9.13. The van der Waals surface area contributed by atoms with Crippen molar-refractivity contribution < 1.29 is 14.7 Å². The van der Waals surface area contributed by atoms with E-state index in [1.54, 1.807) is 18.2 Å². The molecule has 0 aliphatic carbocycles. The second kappa shape index (κ2) is 5.81. The summed E-state index contributed by atoms with van der Waals surface area (Å²) >= 11 is 6.58. The van der Waals surface area contributed by atoms with Gasteiger partial charge in [-0.3, -0.25) is 4.79 Å². The van der Waals surface area contributed by atoms with Gasteiger partial charge in [0.15, 0.2) is 0 Å². The average molecular weight is 349 g/mol. The summed E-state index contributed by atoms with van der Waals surface area (Å²) in [7, 11) is 0. The lowest BCUT2D eigenvalue weighted by Gasteiger charge is -2.03. The number of anilines is 1. The maximum atomic E-state index is 11.2. The van der Waals surface area contributed by atoms with Crippen LogP contribution in [0.3, 0.4) is 0 Å². The number of hydrogen-bond donors (Lipinski definition) is 2. The van der Waals surface area contributed by atoms with Crippen molar-refractivity contribution in [2.75, 3.05) is 5.32 Å². The van der Waals surface area contributed by atoms with Crippen LogP contribution in [0.2, 0.25) is 0 Å². The summed E-state index contributed by atoms with van der Waals surface area (Å²) in [6, 6.07) is 5.17. The molecule has 1 amide bonds. The van der Waals surface area contributed by atoms with Crippen molar-refractivity contribution in [2.45, 2.75) is 0 Å². The van der Waals surface area contributed by atoms with E-state index in [0.717, 1.165) is 21.1 Å². The van der Waals surface area contributed by atoms with Gasteiger partial charge in [-0.1, -0.05) is 0 Å². The number of carbonyl (C=O) groups excluding carboxylic acids is 1. The zero-order chi connectivity index (χ0) is 12.1. The van der Waals surface area contributed by atoms with Crippen molar-refractivity contribution in [3.63, 3.8) is 0 Å². The molecule has 16 heavy (non-hydrogen) atoms. The first-order valence-electron chi connectivity index (χ1n) is 4.16. The van der Waals surface area contributed by atoms with E-state index in [9.17, 15) is 9.59 Å². The SMILES string of the molecule is O=C(O)C=CC(=O)Nc1ccc(Br)c(Br)c1. The molecule has 0 heterocycles. The number of hydrogen-bond acceptors (Lipinski definition) is 2. The van der Waals surface area contributed by atoms with Gasteiger partial charge in [0.2, 0.25) is 5.91 Å². The molecule has 0 aliphatic heterocycles. The second-order valence-corrected chi connectivity index (χ2v) is 4.50. The third-order valence-electron chi connectivity index (χ3n) is 1.56. The summed E-state index contributed by atoms with van der Waals surface area (Å²) in [5, 5.41) is 10.9. The van der Waals surface area contributed by atoms with Crippen molar-refractivity contribution in [1.82, 2.24) is 0 Å². The van der Waals surface area contributed by atoms with Gasteiger partial charge in [-0.05, 0) is 50.1 Å². The number of nitrogens with one attached hydrogen (secondary N) is 1. The Morgan fingerprint density at radius 1 is 1.19 bits per heavy atom. The van der Waals surface area contributed by atoms with Crippen molar-refractivity contribution in [2.24, 2.45) is 0 Å². The molecule has 1 aromatic carbocycles. The van der Waals surface area contributed by atoms with Crippen LogP contribution < -0.4 is 5.32 Å². The van der Waals surface area contributed by atoms with E-state index in [2.05, 4.69) is 37.2 Å². The largest absolute Gasteiger partial charge is 0.478 e. The molecule has 4 nitrogen and oxygen atoms in total. The Kier molecular flexibility index (Phi) is 4.70. The minimum absolute atomic E-state index is 0.489. The van der Waals surface area contributed by atoms with Crippen molar-refractivity contribution >= 4 is 49.4 Å². The number of carbonyl (C=O) groups is 2. The predicted molar refractivity (Wildman–Crippen MR) is 67.2 cm³/mol. The summed E-state index contributed by atoms with van der Waals surface area (Å²) in [6.45, 7) is 0. The molecule has 0 saturated carbocycles. The second-order valence-electron chi connectivity index (χ2n) is 2.79. The number of halogens is 2. The molecule has 84 valence electrons. The highest BCUT2D eigenvalue weighted by Gasteiger charge is 2.01. The number of rotatable bonds is 3. The van der Waals surface area contributed by atoms with Crippen LogP contribution >= 0.6 is 31.9 Å². The molecular formula is C10H7Br2NO3. The monoisotopic (exact) mass is 347 g/mol. The van der Waals surface area contributed by atoms with Gasteiger partial charge in [-0.15, -0.1) is 0 Å². The first-order chi connectivity index (χ1) is 7.49. The number of amides is 1. The fraction of sp³-hybridized carbons (Fsp3) is 0. The number of benzene rings is 1. The van der Waals surface area contributed by atoms with Gasteiger partial charge < -0.3 is 10.4 Å². The molecule has 1 aromatic rings. The summed E-state index contributed by atoms with van der Waals surface area (Å²) in [6.07, 6.45) is 1.74. The van der Waals surface area contributed by atoms with E-state index in [0.29, 0.717) is 5.69 Å². The van der Waals surface area contributed by atoms with E-state index in [-0.39, 0.29) is 0 Å². The maximum Gasteiger partial charge on any atom is 0.328 e. The van der Waals surface area contributed by atoms with Crippen molar-refractivity contribution in [3.05, 3.63) is 39.3 Å². The standard InChI is InChI=1S/C10H7Br2NO3/c11-7-2-1-6(5-8(7)12)13-9(14)3-4-10(15)16/h1-5H,(H,13,14)(H,15,16). The summed E-state index contributed by atoms with van der Waals surface area (Å²) in [5.41, 5.74) is 0.579. The Labute approximate surface area is 109 Å². The lowest BCUT2D eigenvalue weighted by molar-refractivity contribution is -0.131. The topological polar surface area (TPSA) is 66.4 Å². The van der Waals surface area contributed by atoms with E-state index < -0.39 is 11.9 Å². The summed E-state index contributed by atoms with van der Waals surface area (Å²) in [5.74, 6) is -1.65. The molecule has 0 atom stereocenters. The van der Waals surface area contributed by atoms with Crippen LogP contribution in [-0.2, 0) is 9.59 Å². The maximum absolute atomic E-state index is 11.2. The van der Waals surface area contributed by atoms with Gasteiger partial charge in [0.1, 0.15) is 0 Å². The van der Waals surface area contributed by atoms with Crippen LogP contribution in [0.25, 0.3) is 0 Å². The Balaban J connectivity index is 2.70. The minimum atomic E-state index is -1.16. The third-order valence-corrected chi connectivity index (χ3v) is 3.44. The molecular weight excluding hydrogens is 342 g/mol. The Bertz CT molecular complexity index is 457. The Hall–Kier alpha value is -1.14. The quantitative estimate of drug-likeness (QED) is 0.825. The molecule has 0 fully saturated rings. The zero-order valence-electron chi connectivity index (χ0n) is 7.91. The zero-order valence-corrected chi connectivity index (χ0v) is 11.1. The Morgan fingerprint density at radius 2 is 1.88 bits per heavy atom. The van der Waals surface area contributed by atoms with Crippen LogP contribution in [0.4, 0.5) is 5.69 Å². The van der Waals surface area contributed by atoms with Gasteiger partial charge in [0.05, 0.1) is 0 Å². The molecule has 0 bridgehead atoms. The molecule has 0 unspecified atom stereocenters. The number of carboxylic acid groups (broad SMARTS) is 1. The Morgan fingerprint density at radius 3 is 2.44 bits per heavy atom. The van der Waals surface area contributed by atoms with Crippen LogP contribution in [0.5, 0.6) is 0 Å². The van der Waals surface area contributed by atoms with Crippen LogP contribution in [0, 0.1) is 0 Å². The minimum Gasteiger partial charge on any atom is -0.478 e. The predicted octanol–water partition coefficient (Wildman–Crippen LogP) is 2.79. The van der Waals surface area contributed by atoms with Gasteiger partial charge in [0.25, 0.3) is 0 Å². The van der Waals surface area contributed by atoms with E-state index >= 15 is 0 Å². The smallest absolute Gasteiger partial charge is 0.328 e. The van der Waals surface area contributed by atoms with Gasteiger partial charge >= 0.3 is 5.97 Å². The van der Waals surface area contributed by atoms with Crippen molar-refractivity contribution in [3.8, 4) is 0 Å². The van der Waals surface area contributed by atoms with E-state index in [4.69, 9.17) is 5.11 Å². The molecule has 0 aromatic heterocycles. The number of aliphatic carboxylic acids is 1. The van der Waals surface area contributed by atoms with E-state index in [1.807, 2.05) is 0 Å². The molecule has 2 N–H and O–H groups in total. The lowest BCUT2D eigenvalue weighted by Crippen LogP contribution is -2.08. The lowest BCUT2D eigenvalue weighted by atomic mass is 10.3. The van der Waals surface area contributed by atoms with Crippen LogP contribution in [0.1, 0.15) is 0 Å². The molecule has 0 radical (unpaired) electrons. The molecule has 0 aliphatic rings. The van der Waals surface area contributed by atoms with Gasteiger partial charge in [0, 0.05) is 26.8 Å². The van der Waals surface area contributed by atoms with Crippen LogP contribution in [0.15, 0.2) is 39.3 Å². The fourth-order valence-electron chi connectivity index (χ4n) is 0.905. The molecule has 6 heteroatoms. The highest BCUT2D eigenvalue weighted by Crippen LogP contribution is 2.25. The van der Waals surface area contributed by atoms with Gasteiger partial charge in [-0.2, -0.15) is 0 Å². The first-order valence-corrected chi connectivity index (χ1v) is 5.74. The first kappa shape index (κ1) is 12.9. The molecule has 0 spiro atoms. The van der Waals surface area contributed by atoms with Crippen LogP contribution in [-0.4, -0.2) is 17.0 Å². The van der Waals surface area contributed by atoms with Gasteiger partial charge in [-0.25, -0.2) is 4.79 Å². The fourth-order valence-corrected chi connectivity index (χ4v) is 1.53. The third kappa shape index (κ3) is 4.16. The number of carboxylic acids is 1. The summed E-state index contributed by atoms with van der Waals surface area (Å²) in [4.78, 5) is 21.4.